The van der Waals surface area contributed by atoms with E-state index in [-0.39, 0.29) is 23.3 Å². The molecule has 4 fully saturated rings. The molecule has 1 amide bonds. The lowest BCUT2D eigenvalue weighted by Gasteiger charge is -2.57. The van der Waals surface area contributed by atoms with Crippen LogP contribution in [0.4, 0.5) is 5.69 Å². The van der Waals surface area contributed by atoms with Crippen LogP contribution in [0.1, 0.15) is 60.0 Å². The molecule has 0 radical (unpaired) electrons. The lowest BCUT2D eigenvalue weighted by molar-refractivity contribution is -0.115. The van der Waals surface area contributed by atoms with E-state index >= 15 is 0 Å². The van der Waals surface area contributed by atoms with Gasteiger partial charge in [0.25, 0.3) is 0 Å². The summed E-state index contributed by atoms with van der Waals surface area (Å²) in [7, 11) is 1.74. The topological polar surface area (TPSA) is 75.6 Å². The molecule has 5 heteroatoms. The molecule has 0 aromatic heterocycles. The maximum absolute atomic E-state index is 12.7. The van der Waals surface area contributed by atoms with Crippen molar-refractivity contribution in [3.63, 3.8) is 0 Å². The smallest absolute Gasteiger partial charge is 0.335 e. The number of anilines is 1. The summed E-state index contributed by atoms with van der Waals surface area (Å²) in [5.41, 5.74) is 3.30. The number of hydrogen-bond acceptors (Lipinski definition) is 3. The van der Waals surface area contributed by atoms with Gasteiger partial charge in [-0.15, -0.1) is 0 Å². The van der Waals surface area contributed by atoms with Crippen LogP contribution < -0.4 is 10.1 Å². The van der Waals surface area contributed by atoms with E-state index in [4.69, 9.17) is 9.84 Å². The first-order valence-electron chi connectivity index (χ1n) is 11.2. The molecule has 2 N–H and O–H groups in total. The zero-order valence-electron chi connectivity index (χ0n) is 17.9. The number of benzene rings is 2. The van der Waals surface area contributed by atoms with E-state index in [1.165, 1.54) is 56.2 Å². The van der Waals surface area contributed by atoms with Crippen molar-refractivity contribution in [2.45, 2.75) is 50.4 Å². The van der Waals surface area contributed by atoms with Crippen molar-refractivity contribution in [2.24, 2.45) is 17.8 Å². The molecule has 0 spiro atoms. The summed E-state index contributed by atoms with van der Waals surface area (Å²) in [5.74, 6) is 2.40. The van der Waals surface area contributed by atoms with Crippen LogP contribution in [0.3, 0.4) is 0 Å². The summed E-state index contributed by atoms with van der Waals surface area (Å²) >= 11 is 0. The van der Waals surface area contributed by atoms with E-state index in [1.807, 2.05) is 12.1 Å². The number of ether oxygens (including phenoxy) is 1. The Morgan fingerprint density at radius 3 is 2.16 bits per heavy atom. The summed E-state index contributed by atoms with van der Waals surface area (Å²) in [5, 5.41) is 11.9. The van der Waals surface area contributed by atoms with E-state index < -0.39 is 5.97 Å². The summed E-state index contributed by atoms with van der Waals surface area (Å²) in [4.78, 5) is 23.6. The summed E-state index contributed by atoms with van der Waals surface area (Å²) in [6.07, 6.45) is 8.21. The number of carbonyl (C=O) groups is 2. The van der Waals surface area contributed by atoms with Crippen LogP contribution in [0.5, 0.6) is 5.75 Å². The quantitative estimate of drug-likeness (QED) is 0.688. The van der Waals surface area contributed by atoms with Crippen LogP contribution in [-0.4, -0.2) is 24.1 Å². The standard InChI is InChI=1S/C26H29NO4/c1-31-23-7-2-16(12-24(28)27-21-5-3-20(4-6-21)25(29)30)11-22(23)26-13-17-8-18(14-26)10-19(9-17)15-26/h2-7,11,17-19H,8-10,12-15H2,1H3,(H,27,28)(H,29,30). The highest BCUT2D eigenvalue weighted by Gasteiger charge is 2.52. The maximum atomic E-state index is 12.7. The minimum Gasteiger partial charge on any atom is -0.496 e. The third kappa shape index (κ3) is 3.82. The van der Waals surface area contributed by atoms with Crippen molar-refractivity contribution in [2.75, 3.05) is 12.4 Å². The highest BCUT2D eigenvalue weighted by atomic mass is 16.5. The van der Waals surface area contributed by atoms with Gasteiger partial charge in [-0.25, -0.2) is 4.79 Å². The number of amides is 1. The Balaban J connectivity index is 1.35. The van der Waals surface area contributed by atoms with Crippen LogP contribution in [0, 0.1) is 17.8 Å². The molecule has 0 heterocycles. The number of carbonyl (C=O) groups excluding carboxylic acids is 1. The predicted octanol–water partition coefficient (Wildman–Crippen LogP) is 5.04. The minimum atomic E-state index is -0.978. The molecule has 0 unspecified atom stereocenters. The molecular formula is C26H29NO4. The van der Waals surface area contributed by atoms with Gasteiger partial charge in [0.2, 0.25) is 5.91 Å². The Labute approximate surface area is 182 Å². The first-order chi connectivity index (χ1) is 14.9. The normalized spacial score (nSPS) is 28.4. The highest BCUT2D eigenvalue weighted by Crippen LogP contribution is 2.61. The average molecular weight is 420 g/mol. The number of nitrogens with one attached hydrogen (secondary N) is 1. The molecular weight excluding hydrogens is 390 g/mol. The van der Waals surface area contributed by atoms with Gasteiger partial charge in [0, 0.05) is 11.3 Å². The van der Waals surface area contributed by atoms with Gasteiger partial charge >= 0.3 is 5.97 Å². The number of carboxylic acid groups (broad SMARTS) is 1. The molecule has 4 aliphatic carbocycles. The fourth-order valence-corrected chi connectivity index (χ4v) is 6.81. The molecule has 0 atom stereocenters. The molecule has 2 aromatic carbocycles. The first-order valence-corrected chi connectivity index (χ1v) is 11.2. The predicted molar refractivity (Wildman–Crippen MR) is 119 cm³/mol. The number of rotatable bonds is 6. The number of carboxylic acids is 1. The Morgan fingerprint density at radius 1 is 1.00 bits per heavy atom. The van der Waals surface area contributed by atoms with Gasteiger partial charge in [-0.05, 0) is 97.6 Å². The summed E-state index contributed by atoms with van der Waals surface area (Å²) in [6, 6.07) is 12.5. The lowest BCUT2D eigenvalue weighted by Crippen LogP contribution is -2.48. The molecule has 162 valence electrons. The molecule has 4 bridgehead atoms. The van der Waals surface area contributed by atoms with E-state index in [0.29, 0.717) is 5.69 Å². The summed E-state index contributed by atoms with van der Waals surface area (Å²) in [6.45, 7) is 0. The second kappa shape index (κ2) is 7.70. The molecule has 6 rings (SSSR count). The Morgan fingerprint density at radius 2 is 1.61 bits per heavy atom. The van der Waals surface area contributed by atoms with Gasteiger partial charge in [0.1, 0.15) is 5.75 Å². The van der Waals surface area contributed by atoms with E-state index in [0.717, 1.165) is 29.1 Å². The average Bonchev–Trinajstić information content (AvgIpc) is 2.73. The van der Waals surface area contributed by atoms with Crippen molar-refractivity contribution < 1.29 is 19.4 Å². The van der Waals surface area contributed by atoms with E-state index in [9.17, 15) is 9.59 Å². The zero-order valence-corrected chi connectivity index (χ0v) is 17.9. The van der Waals surface area contributed by atoms with Crippen LogP contribution in [-0.2, 0) is 16.6 Å². The van der Waals surface area contributed by atoms with Crippen LogP contribution in [0.2, 0.25) is 0 Å². The van der Waals surface area contributed by atoms with E-state index in [1.54, 1.807) is 19.2 Å². The monoisotopic (exact) mass is 419 g/mol. The van der Waals surface area contributed by atoms with Gasteiger partial charge in [-0.1, -0.05) is 12.1 Å². The van der Waals surface area contributed by atoms with Crippen molar-refractivity contribution in [3.05, 3.63) is 59.2 Å². The molecule has 5 nitrogen and oxygen atoms in total. The Bertz CT molecular complexity index is 975. The first kappa shape index (κ1) is 20.1. The zero-order chi connectivity index (χ0) is 21.6. The third-order valence-electron chi connectivity index (χ3n) is 7.65. The van der Waals surface area contributed by atoms with Crippen LogP contribution in [0.25, 0.3) is 0 Å². The fourth-order valence-electron chi connectivity index (χ4n) is 6.81. The maximum Gasteiger partial charge on any atom is 0.335 e. The summed E-state index contributed by atoms with van der Waals surface area (Å²) < 4.78 is 5.77. The molecule has 4 aliphatic rings. The van der Waals surface area contributed by atoms with Gasteiger partial charge in [-0.3, -0.25) is 4.79 Å². The number of methoxy groups -OCH3 is 1. The Hall–Kier alpha value is -2.82. The third-order valence-corrected chi connectivity index (χ3v) is 7.65. The minimum absolute atomic E-state index is 0.107. The SMILES string of the molecule is COc1ccc(CC(=O)Nc2ccc(C(=O)O)cc2)cc1C12CC3CC(CC(C3)C1)C2. The van der Waals surface area contributed by atoms with E-state index in [2.05, 4.69) is 11.4 Å². The molecule has 0 saturated heterocycles. The van der Waals surface area contributed by atoms with Gasteiger partial charge in [0.15, 0.2) is 0 Å². The lowest BCUT2D eigenvalue weighted by atomic mass is 9.48. The van der Waals surface area contributed by atoms with Crippen LogP contribution >= 0.6 is 0 Å². The number of hydrogen-bond donors (Lipinski definition) is 2. The van der Waals surface area contributed by atoms with Crippen molar-refractivity contribution in [1.29, 1.82) is 0 Å². The van der Waals surface area contributed by atoms with Gasteiger partial charge in [-0.2, -0.15) is 0 Å². The molecule has 2 aromatic rings. The van der Waals surface area contributed by atoms with Crippen molar-refractivity contribution >= 4 is 17.6 Å². The molecule has 4 saturated carbocycles. The van der Waals surface area contributed by atoms with Crippen molar-refractivity contribution in [3.8, 4) is 5.75 Å². The van der Waals surface area contributed by atoms with Gasteiger partial charge < -0.3 is 15.2 Å². The van der Waals surface area contributed by atoms with Gasteiger partial charge in [0.05, 0.1) is 19.1 Å². The second-order valence-corrected chi connectivity index (χ2v) is 9.84. The molecule has 31 heavy (non-hydrogen) atoms. The Kier molecular flexibility index (Phi) is 4.99. The highest BCUT2D eigenvalue weighted by molar-refractivity contribution is 5.93. The second-order valence-electron chi connectivity index (χ2n) is 9.84. The largest absolute Gasteiger partial charge is 0.496 e. The number of aromatic carboxylic acids is 1. The molecule has 0 aliphatic heterocycles. The van der Waals surface area contributed by atoms with Crippen molar-refractivity contribution in [1.82, 2.24) is 0 Å². The fraction of sp³-hybridized carbons (Fsp3) is 0.462. The van der Waals surface area contributed by atoms with Crippen LogP contribution in [0.15, 0.2) is 42.5 Å².